The van der Waals surface area contributed by atoms with Gasteiger partial charge in [-0.15, -0.1) is 0 Å². The number of carbonyl (C=O) groups is 1. The molecule has 0 bridgehead atoms. The predicted molar refractivity (Wildman–Crippen MR) is 61.0 cm³/mol. The van der Waals surface area contributed by atoms with Crippen molar-refractivity contribution in [1.29, 1.82) is 0 Å². The minimum atomic E-state index is -0.718. The van der Waals surface area contributed by atoms with Crippen molar-refractivity contribution in [2.24, 2.45) is 11.1 Å². The summed E-state index contributed by atoms with van der Waals surface area (Å²) in [5, 5.41) is 2.53. The van der Waals surface area contributed by atoms with Crippen LogP contribution in [-0.2, 0) is 11.3 Å². The van der Waals surface area contributed by atoms with E-state index in [1.165, 1.54) is 0 Å². The average Bonchev–Trinajstić information content (AvgIpc) is 2.29. The lowest BCUT2D eigenvalue weighted by Crippen LogP contribution is -2.41. The monoisotopic (exact) mass is 242 g/mol. The molecule has 1 aromatic rings. The zero-order valence-corrected chi connectivity index (χ0v) is 9.89. The van der Waals surface area contributed by atoms with E-state index in [0.29, 0.717) is 0 Å². The molecule has 0 aliphatic heterocycles. The van der Waals surface area contributed by atoms with Crippen LogP contribution in [0.15, 0.2) is 18.2 Å². The highest BCUT2D eigenvalue weighted by Crippen LogP contribution is 2.14. The normalized spacial score (nSPS) is 11.4. The maximum atomic E-state index is 13.3. The molecule has 3 N–H and O–H groups in total. The number of hydrogen-bond donors (Lipinski definition) is 2. The van der Waals surface area contributed by atoms with Crippen LogP contribution in [0.4, 0.5) is 8.78 Å². The van der Waals surface area contributed by atoms with E-state index in [1.807, 2.05) is 0 Å². The fraction of sp³-hybridized carbons (Fsp3) is 0.417. The summed E-state index contributed by atoms with van der Waals surface area (Å²) in [5.74, 6) is -1.37. The summed E-state index contributed by atoms with van der Waals surface area (Å²) in [4.78, 5) is 11.7. The Labute approximate surface area is 99.0 Å². The summed E-state index contributed by atoms with van der Waals surface area (Å²) in [7, 11) is 0. The average molecular weight is 242 g/mol. The van der Waals surface area contributed by atoms with Crippen LogP contribution in [0.3, 0.4) is 0 Å². The fourth-order valence-corrected chi connectivity index (χ4v) is 1.19. The number of nitrogens with one attached hydrogen (secondary N) is 1. The third-order valence-corrected chi connectivity index (χ3v) is 2.57. The second kappa shape index (κ2) is 5.23. The Morgan fingerprint density at radius 1 is 1.41 bits per heavy atom. The molecule has 0 aromatic heterocycles. The van der Waals surface area contributed by atoms with Crippen molar-refractivity contribution in [3.05, 3.63) is 35.4 Å². The number of hydrogen-bond acceptors (Lipinski definition) is 2. The van der Waals surface area contributed by atoms with E-state index in [1.54, 1.807) is 13.8 Å². The summed E-state index contributed by atoms with van der Waals surface area (Å²) in [6, 6.07) is 3.13. The van der Waals surface area contributed by atoms with Gasteiger partial charge < -0.3 is 11.1 Å². The number of amides is 1. The maximum Gasteiger partial charge on any atom is 0.227 e. The molecule has 1 rings (SSSR count). The van der Waals surface area contributed by atoms with Gasteiger partial charge in [0.1, 0.15) is 11.6 Å². The quantitative estimate of drug-likeness (QED) is 0.842. The summed E-state index contributed by atoms with van der Waals surface area (Å²) in [6.45, 7) is 3.50. The van der Waals surface area contributed by atoms with Gasteiger partial charge in [-0.25, -0.2) is 8.78 Å². The molecule has 17 heavy (non-hydrogen) atoms. The molecule has 0 spiro atoms. The first kappa shape index (κ1) is 13.6. The van der Waals surface area contributed by atoms with Crippen LogP contribution in [0.2, 0.25) is 0 Å². The molecule has 0 heterocycles. The van der Waals surface area contributed by atoms with Gasteiger partial charge in [-0.1, -0.05) is 0 Å². The number of nitrogens with two attached hydrogens (primary N) is 1. The molecule has 0 atom stereocenters. The predicted octanol–water partition coefficient (Wildman–Crippen LogP) is 1.57. The minimum Gasteiger partial charge on any atom is -0.351 e. The lowest BCUT2D eigenvalue weighted by Gasteiger charge is -2.21. The topological polar surface area (TPSA) is 55.1 Å². The van der Waals surface area contributed by atoms with Crippen molar-refractivity contribution < 1.29 is 13.6 Å². The first-order chi connectivity index (χ1) is 7.86. The smallest absolute Gasteiger partial charge is 0.227 e. The van der Waals surface area contributed by atoms with E-state index in [-0.39, 0.29) is 24.6 Å². The van der Waals surface area contributed by atoms with Gasteiger partial charge in [0.25, 0.3) is 0 Å². The van der Waals surface area contributed by atoms with Gasteiger partial charge in [0.2, 0.25) is 5.91 Å². The summed E-state index contributed by atoms with van der Waals surface area (Å²) >= 11 is 0. The number of rotatable bonds is 4. The lowest BCUT2D eigenvalue weighted by molar-refractivity contribution is -0.129. The molecule has 1 aromatic carbocycles. The molecular weight excluding hydrogens is 226 g/mol. The van der Waals surface area contributed by atoms with Crippen LogP contribution in [-0.4, -0.2) is 12.5 Å². The third-order valence-electron chi connectivity index (χ3n) is 2.57. The summed E-state index contributed by atoms with van der Waals surface area (Å²) in [5.41, 5.74) is 4.83. The Hall–Kier alpha value is -1.49. The van der Waals surface area contributed by atoms with Crippen LogP contribution in [0.5, 0.6) is 0 Å². The SMILES string of the molecule is CC(C)(CN)C(=O)NCc1cc(F)ccc1F. The molecule has 0 aliphatic carbocycles. The zero-order valence-electron chi connectivity index (χ0n) is 9.89. The van der Waals surface area contributed by atoms with E-state index >= 15 is 0 Å². The molecule has 0 saturated carbocycles. The molecule has 0 aliphatic rings. The van der Waals surface area contributed by atoms with Crippen LogP contribution in [0, 0.1) is 17.0 Å². The van der Waals surface area contributed by atoms with E-state index in [4.69, 9.17) is 5.73 Å². The molecule has 0 saturated heterocycles. The highest BCUT2D eigenvalue weighted by Gasteiger charge is 2.25. The van der Waals surface area contributed by atoms with E-state index in [0.717, 1.165) is 18.2 Å². The minimum absolute atomic E-state index is 0.0497. The second-order valence-corrected chi connectivity index (χ2v) is 4.51. The lowest BCUT2D eigenvalue weighted by atomic mass is 9.92. The van der Waals surface area contributed by atoms with Crippen molar-refractivity contribution in [3.63, 3.8) is 0 Å². The first-order valence-corrected chi connectivity index (χ1v) is 5.29. The standard InChI is InChI=1S/C12H16F2N2O/c1-12(2,7-15)11(17)16-6-8-5-9(13)3-4-10(8)14/h3-5H,6-7,15H2,1-2H3,(H,16,17). The number of halogens is 2. The molecule has 5 heteroatoms. The van der Waals surface area contributed by atoms with Gasteiger partial charge >= 0.3 is 0 Å². The Morgan fingerprint density at radius 3 is 2.65 bits per heavy atom. The first-order valence-electron chi connectivity index (χ1n) is 5.29. The molecule has 0 unspecified atom stereocenters. The summed E-state index contributed by atoms with van der Waals surface area (Å²) < 4.78 is 26.1. The van der Waals surface area contributed by atoms with Gasteiger partial charge in [-0.05, 0) is 32.0 Å². The highest BCUT2D eigenvalue weighted by molar-refractivity contribution is 5.81. The van der Waals surface area contributed by atoms with Crippen LogP contribution in [0.1, 0.15) is 19.4 Å². The Kier molecular flexibility index (Phi) is 4.17. The largest absolute Gasteiger partial charge is 0.351 e. The van der Waals surface area contributed by atoms with Gasteiger partial charge in [0.15, 0.2) is 0 Å². The highest BCUT2D eigenvalue weighted by atomic mass is 19.1. The summed E-state index contributed by atoms with van der Waals surface area (Å²) in [6.07, 6.45) is 0. The van der Waals surface area contributed by atoms with Crippen molar-refractivity contribution in [2.45, 2.75) is 20.4 Å². The Morgan fingerprint density at radius 2 is 2.06 bits per heavy atom. The van der Waals surface area contributed by atoms with Crippen LogP contribution in [0.25, 0.3) is 0 Å². The number of benzene rings is 1. The van der Waals surface area contributed by atoms with Gasteiger partial charge in [-0.3, -0.25) is 4.79 Å². The van der Waals surface area contributed by atoms with Crippen molar-refractivity contribution in [1.82, 2.24) is 5.32 Å². The van der Waals surface area contributed by atoms with Crippen LogP contribution < -0.4 is 11.1 Å². The zero-order chi connectivity index (χ0) is 13.1. The molecule has 3 nitrogen and oxygen atoms in total. The Balaban J connectivity index is 2.68. The number of carbonyl (C=O) groups excluding carboxylic acids is 1. The van der Waals surface area contributed by atoms with E-state index < -0.39 is 17.0 Å². The molecule has 94 valence electrons. The third kappa shape index (κ3) is 3.49. The van der Waals surface area contributed by atoms with Crippen molar-refractivity contribution in [3.8, 4) is 0 Å². The van der Waals surface area contributed by atoms with Gasteiger partial charge in [-0.2, -0.15) is 0 Å². The van der Waals surface area contributed by atoms with Crippen LogP contribution >= 0.6 is 0 Å². The van der Waals surface area contributed by atoms with E-state index in [2.05, 4.69) is 5.32 Å². The van der Waals surface area contributed by atoms with Crippen molar-refractivity contribution in [2.75, 3.05) is 6.54 Å². The van der Waals surface area contributed by atoms with Gasteiger partial charge in [0.05, 0.1) is 5.41 Å². The molecular formula is C12H16F2N2O. The Bertz CT molecular complexity index is 419. The van der Waals surface area contributed by atoms with E-state index in [9.17, 15) is 13.6 Å². The molecule has 0 fully saturated rings. The second-order valence-electron chi connectivity index (χ2n) is 4.51. The fourth-order valence-electron chi connectivity index (χ4n) is 1.19. The maximum absolute atomic E-state index is 13.3. The molecule has 1 amide bonds. The van der Waals surface area contributed by atoms with Gasteiger partial charge in [0, 0.05) is 18.7 Å². The van der Waals surface area contributed by atoms with Crippen molar-refractivity contribution >= 4 is 5.91 Å². The molecule has 0 radical (unpaired) electrons.